The molecule has 0 aromatic heterocycles. The van der Waals surface area contributed by atoms with Crippen LogP contribution in [-0.2, 0) is 16.0 Å². The van der Waals surface area contributed by atoms with Gasteiger partial charge in [0.05, 0.1) is 14.9 Å². The number of ether oxygens (including phenoxy) is 2. The van der Waals surface area contributed by atoms with E-state index in [4.69, 9.17) is 9.47 Å². The SMILES string of the molecule is CC(C)(C)Cc1cc(Br)c(OCCOC(=O)C2CCCCC2)c(Br)c1. The lowest BCUT2D eigenvalue weighted by molar-refractivity contribution is -0.150. The first-order valence-electron chi connectivity index (χ1n) is 9.03. The summed E-state index contributed by atoms with van der Waals surface area (Å²) in [5, 5.41) is 0. The summed E-state index contributed by atoms with van der Waals surface area (Å²) in [5.74, 6) is 0.775. The van der Waals surface area contributed by atoms with Crippen molar-refractivity contribution in [2.75, 3.05) is 13.2 Å². The summed E-state index contributed by atoms with van der Waals surface area (Å²) in [5.41, 5.74) is 1.48. The molecule has 0 atom stereocenters. The molecule has 5 heteroatoms. The summed E-state index contributed by atoms with van der Waals surface area (Å²) in [6, 6.07) is 4.19. The summed E-state index contributed by atoms with van der Waals surface area (Å²) in [6.07, 6.45) is 6.43. The Balaban J connectivity index is 1.83. The molecule has 0 saturated heterocycles. The molecule has 3 nitrogen and oxygen atoms in total. The zero-order valence-corrected chi connectivity index (χ0v) is 18.5. The van der Waals surface area contributed by atoms with Crippen molar-refractivity contribution < 1.29 is 14.3 Å². The van der Waals surface area contributed by atoms with Gasteiger partial charge in [-0.3, -0.25) is 4.79 Å². The molecule has 25 heavy (non-hydrogen) atoms. The second-order valence-electron chi connectivity index (χ2n) is 7.98. The van der Waals surface area contributed by atoms with Crippen LogP contribution >= 0.6 is 31.9 Å². The summed E-state index contributed by atoms with van der Waals surface area (Å²) < 4.78 is 13.0. The van der Waals surface area contributed by atoms with E-state index in [1.807, 2.05) is 0 Å². The quantitative estimate of drug-likeness (QED) is 0.357. The Hall–Kier alpha value is -0.550. The van der Waals surface area contributed by atoms with E-state index in [0.29, 0.717) is 6.61 Å². The van der Waals surface area contributed by atoms with E-state index in [9.17, 15) is 4.79 Å². The lowest BCUT2D eigenvalue weighted by atomic mass is 9.88. The highest BCUT2D eigenvalue weighted by molar-refractivity contribution is 9.11. The van der Waals surface area contributed by atoms with Crippen LogP contribution < -0.4 is 4.74 Å². The third-order valence-corrected chi connectivity index (χ3v) is 5.48. The number of hydrogen-bond acceptors (Lipinski definition) is 3. The molecular weight excluding hydrogens is 448 g/mol. The van der Waals surface area contributed by atoms with Gasteiger partial charge in [0.1, 0.15) is 19.0 Å². The minimum Gasteiger partial charge on any atom is -0.488 e. The molecule has 0 heterocycles. The van der Waals surface area contributed by atoms with Crippen LogP contribution in [0.1, 0.15) is 58.4 Å². The van der Waals surface area contributed by atoms with E-state index < -0.39 is 0 Å². The van der Waals surface area contributed by atoms with Gasteiger partial charge in [0.15, 0.2) is 0 Å². The van der Waals surface area contributed by atoms with Crippen LogP contribution in [0.4, 0.5) is 0 Å². The van der Waals surface area contributed by atoms with Crippen molar-refractivity contribution in [3.8, 4) is 5.75 Å². The van der Waals surface area contributed by atoms with Gasteiger partial charge in [-0.05, 0) is 74.2 Å². The van der Waals surface area contributed by atoms with Crippen molar-refractivity contribution in [1.29, 1.82) is 0 Å². The number of rotatable bonds is 6. The number of benzene rings is 1. The van der Waals surface area contributed by atoms with Crippen LogP contribution in [0.25, 0.3) is 0 Å². The van der Waals surface area contributed by atoms with Crippen molar-refractivity contribution in [2.24, 2.45) is 11.3 Å². The van der Waals surface area contributed by atoms with Gasteiger partial charge in [-0.25, -0.2) is 0 Å². The molecule has 0 spiro atoms. The molecule has 1 fully saturated rings. The Bertz CT molecular complexity index is 564. The Labute approximate surface area is 168 Å². The van der Waals surface area contributed by atoms with Gasteiger partial charge in [-0.15, -0.1) is 0 Å². The van der Waals surface area contributed by atoms with Gasteiger partial charge in [0.2, 0.25) is 0 Å². The highest BCUT2D eigenvalue weighted by atomic mass is 79.9. The topological polar surface area (TPSA) is 35.5 Å². The van der Waals surface area contributed by atoms with E-state index >= 15 is 0 Å². The van der Waals surface area contributed by atoms with E-state index in [0.717, 1.165) is 46.8 Å². The number of hydrogen-bond donors (Lipinski definition) is 0. The van der Waals surface area contributed by atoms with Crippen molar-refractivity contribution in [3.05, 3.63) is 26.6 Å². The average Bonchev–Trinajstić information content (AvgIpc) is 2.52. The molecular formula is C20H28Br2O3. The second-order valence-corrected chi connectivity index (χ2v) is 9.69. The Morgan fingerprint density at radius 1 is 1.08 bits per heavy atom. The maximum absolute atomic E-state index is 12.0. The van der Waals surface area contributed by atoms with Gasteiger partial charge >= 0.3 is 5.97 Å². The van der Waals surface area contributed by atoms with E-state index in [2.05, 4.69) is 64.8 Å². The summed E-state index contributed by atoms with van der Waals surface area (Å²) in [7, 11) is 0. The molecule has 1 saturated carbocycles. The standard InChI is InChI=1S/C20H28Br2O3/c1-20(2,3)13-14-11-16(21)18(17(22)12-14)24-9-10-25-19(23)15-7-5-4-6-8-15/h11-12,15H,4-10,13H2,1-3H3. The lowest BCUT2D eigenvalue weighted by Gasteiger charge is -2.20. The first-order valence-corrected chi connectivity index (χ1v) is 10.6. The van der Waals surface area contributed by atoms with Gasteiger partial charge in [-0.1, -0.05) is 40.0 Å². The van der Waals surface area contributed by atoms with Gasteiger partial charge in [-0.2, -0.15) is 0 Å². The summed E-state index contributed by atoms with van der Waals surface area (Å²) in [4.78, 5) is 12.0. The summed E-state index contributed by atoms with van der Waals surface area (Å²) in [6.45, 7) is 7.31. The highest BCUT2D eigenvalue weighted by Gasteiger charge is 2.22. The molecule has 1 aromatic carbocycles. The monoisotopic (exact) mass is 474 g/mol. The van der Waals surface area contributed by atoms with E-state index in [1.165, 1.54) is 12.0 Å². The molecule has 1 aliphatic carbocycles. The minimum absolute atomic E-state index is 0.0676. The Kier molecular flexibility index (Phi) is 7.81. The summed E-state index contributed by atoms with van der Waals surface area (Å²) >= 11 is 7.17. The first kappa shape index (κ1) is 20.8. The van der Waals surface area contributed by atoms with Crippen LogP contribution in [0, 0.1) is 11.3 Å². The van der Waals surface area contributed by atoms with Crippen molar-refractivity contribution in [1.82, 2.24) is 0 Å². The predicted molar refractivity (Wildman–Crippen MR) is 108 cm³/mol. The zero-order chi connectivity index (χ0) is 18.4. The van der Waals surface area contributed by atoms with E-state index in [-0.39, 0.29) is 23.9 Å². The third-order valence-electron chi connectivity index (χ3n) is 4.31. The maximum atomic E-state index is 12.0. The third kappa shape index (κ3) is 6.93. The van der Waals surface area contributed by atoms with Crippen LogP contribution in [0.15, 0.2) is 21.1 Å². The fourth-order valence-corrected chi connectivity index (χ4v) is 4.72. The largest absolute Gasteiger partial charge is 0.488 e. The first-order chi connectivity index (χ1) is 11.8. The second kappa shape index (κ2) is 9.40. The van der Waals surface area contributed by atoms with Crippen molar-refractivity contribution >= 4 is 37.8 Å². The highest BCUT2D eigenvalue weighted by Crippen LogP contribution is 2.36. The zero-order valence-electron chi connectivity index (χ0n) is 15.4. The predicted octanol–water partition coefficient (Wildman–Crippen LogP) is 6.30. The van der Waals surface area contributed by atoms with Gasteiger partial charge < -0.3 is 9.47 Å². The number of esters is 1. The average molecular weight is 476 g/mol. The molecule has 2 rings (SSSR count). The van der Waals surface area contributed by atoms with Crippen LogP contribution in [-0.4, -0.2) is 19.2 Å². The van der Waals surface area contributed by atoms with Crippen LogP contribution in [0.5, 0.6) is 5.75 Å². The number of carbonyl (C=O) groups is 1. The lowest BCUT2D eigenvalue weighted by Crippen LogP contribution is -2.22. The number of carbonyl (C=O) groups excluding carboxylic acids is 1. The molecule has 0 amide bonds. The Morgan fingerprint density at radius 2 is 1.68 bits per heavy atom. The number of halogens is 2. The molecule has 0 radical (unpaired) electrons. The van der Waals surface area contributed by atoms with Crippen molar-refractivity contribution in [2.45, 2.75) is 59.3 Å². The molecule has 140 valence electrons. The Morgan fingerprint density at radius 3 is 2.24 bits per heavy atom. The normalized spacial score (nSPS) is 15.9. The fourth-order valence-electron chi connectivity index (χ4n) is 3.21. The molecule has 1 aliphatic rings. The molecule has 1 aromatic rings. The molecule has 0 unspecified atom stereocenters. The van der Waals surface area contributed by atoms with Crippen LogP contribution in [0.2, 0.25) is 0 Å². The fraction of sp³-hybridized carbons (Fsp3) is 0.650. The molecule has 0 aliphatic heterocycles. The molecule has 0 bridgehead atoms. The van der Waals surface area contributed by atoms with Crippen LogP contribution in [0.3, 0.4) is 0 Å². The minimum atomic E-state index is -0.0676. The molecule has 0 N–H and O–H groups in total. The smallest absolute Gasteiger partial charge is 0.309 e. The van der Waals surface area contributed by atoms with Gasteiger partial charge in [0, 0.05) is 0 Å². The van der Waals surface area contributed by atoms with Gasteiger partial charge in [0.25, 0.3) is 0 Å². The van der Waals surface area contributed by atoms with E-state index in [1.54, 1.807) is 0 Å². The van der Waals surface area contributed by atoms with Crippen molar-refractivity contribution in [3.63, 3.8) is 0 Å². The maximum Gasteiger partial charge on any atom is 0.309 e.